The molecule has 9 unspecified atom stereocenters. The molecule has 11 amide bonds. The third-order valence-corrected chi connectivity index (χ3v) is 24.1. The van der Waals surface area contributed by atoms with Crippen LogP contribution in [0.2, 0.25) is 0 Å². The fraction of sp³-hybridized carbons (Fsp3) is 0.754. The lowest BCUT2D eigenvalue weighted by Gasteiger charge is -2.34. The van der Waals surface area contributed by atoms with Gasteiger partial charge in [-0.25, -0.2) is 8.78 Å². The first-order valence-corrected chi connectivity index (χ1v) is 38.9. The van der Waals surface area contributed by atoms with Gasteiger partial charge in [0.05, 0.1) is 12.6 Å². The molecule has 1 aromatic rings. The van der Waals surface area contributed by atoms with Gasteiger partial charge >= 0.3 is 0 Å². The lowest BCUT2D eigenvalue weighted by atomic mass is 9.76. The van der Waals surface area contributed by atoms with E-state index >= 15 is 32.8 Å². The standard InChI is InChI=1S/C69H105F2N15O12S2/c70-43-11-15-49-47(27-43)41(30-75-49)25-53-65(94)82-54(26-42-31-76-50-16-12-44(71)28-48(42)50)66(95)81-52-17-18-59(88)74-20-2-1-7-51(63(92)77-33-61(90)80-53)79-60(89)19-22-99-34-39-5-3-6-40(23-39)35-100-36-57(62(72)91)85-68(97)58-8-4-21-86(58)69(98)56(24-38-9-13-46(87)14-10-38)84-67(96)55(83-64(52)93)29-45-32-73-37-78-45/h3,5-6,23,38,41-58,73,75-76,78,87H,1-2,4,7-22,24-37H2,(H2,72,91)(H,74,88)(H,77,92)(H,79,89)(H,80,90)(H,81,95)(H,82,94)(H,83,93)(H,84,96)(H,85,97)/t38?,41?,42?,43?,44?,45?,46?,47?,48?,49?,50?,51-,52-,53-,54-,55-,56-,57-,58-/m0/s1. The molecule has 100 heavy (non-hydrogen) atoms. The van der Waals surface area contributed by atoms with Crippen molar-refractivity contribution < 1.29 is 66.6 Å². The summed E-state index contributed by atoms with van der Waals surface area (Å²) < 4.78 is 30.5. The summed E-state index contributed by atoms with van der Waals surface area (Å²) in [4.78, 5) is 161. The average Bonchev–Trinajstić information content (AvgIpc) is 1.63. The molecule has 17 atom stereocenters. The van der Waals surface area contributed by atoms with Crippen LogP contribution in [-0.4, -0.2) is 217 Å². The van der Waals surface area contributed by atoms with Crippen LogP contribution in [0.1, 0.15) is 152 Å². The van der Waals surface area contributed by atoms with Crippen molar-refractivity contribution in [1.29, 1.82) is 0 Å². The molecule has 9 aliphatic rings. The topological polar surface area (TPSA) is 394 Å². The maximum atomic E-state index is 15.4. The van der Waals surface area contributed by atoms with Crippen LogP contribution in [0.25, 0.3) is 0 Å². The number of nitrogens with two attached hydrogens (primary N) is 1. The highest BCUT2D eigenvalue weighted by atomic mass is 32.2. The number of primary amides is 1. The fourth-order valence-corrected chi connectivity index (χ4v) is 18.3. The Morgan fingerprint density at radius 1 is 0.560 bits per heavy atom. The van der Waals surface area contributed by atoms with Crippen molar-refractivity contribution in [2.24, 2.45) is 35.3 Å². The second-order valence-corrected chi connectivity index (χ2v) is 31.4. The summed E-state index contributed by atoms with van der Waals surface area (Å²) >= 11 is 2.88. The minimum atomic E-state index is -1.56. The van der Waals surface area contributed by atoms with Crippen LogP contribution in [0.15, 0.2) is 24.3 Å². The number of aliphatic hydroxyl groups excluding tert-OH is 1. The normalized spacial score (nSPS) is 36.0. The molecule has 6 heterocycles. The van der Waals surface area contributed by atoms with Gasteiger partial charge in [0.2, 0.25) is 65.0 Å². The maximum Gasteiger partial charge on any atom is 0.245 e. The molecule has 5 saturated heterocycles. The maximum absolute atomic E-state index is 15.4. The first-order valence-electron chi connectivity index (χ1n) is 36.5. The van der Waals surface area contributed by atoms with Gasteiger partial charge in [-0.05, 0) is 182 Å². The molecule has 554 valence electrons. The van der Waals surface area contributed by atoms with Gasteiger partial charge in [-0.2, -0.15) is 23.5 Å². The van der Waals surface area contributed by atoms with Gasteiger partial charge in [-0.3, -0.25) is 52.7 Å². The van der Waals surface area contributed by atoms with E-state index in [9.17, 15) is 33.9 Å². The molecule has 4 bridgehead atoms. The van der Waals surface area contributed by atoms with E-state index in [2.05, 4.69) is 69.1 Å². The predicted octanol–water partition coefficient (Wildman–Crippen LogP) is -0.294. The number of halogens is 2. The van der Waals surface area contributed by atoms with E-state index in [4.69, 9.17) is 5.73 Å². The Hall–Kier alpha value is -6.25. The van der Waals surface area contributed by atoms with E-state index in [1.54, 1.807) is 0 Å². The van der Waals surface area contributed by atoms with Gasteiger partial charge in [-0.1, -0.05) is 24.3 Å². The van der Waals surface area contributed by atoms with Crippen molar-refractivity contribution in [3.8, 4) is 0 Å². The number of rotatable bonds is 9. The van der Waals surface area contributed by atoms with E-state index in [0.29, 0.717) is 114 Å². The van der Waals surface area contributed by atoms with Crippen molar-refractivity contribution in [3.05, 3.63) is 35.4 Å². The van der Waals surface area contributed by atoms with Crippen molar-refractivity contribution in [1.82, 2.24) is 74.0 Å². The monoisotopic (exact) mass is 1440 g/mol. The van der Waals surface area contributed by atoms with Crippen LogP contribution < -0.4 is 74.9 Å². The van der Waals surface area contributed by atoms with Crippen molar-refractivity contribution >= 4 is 88.5 Å². The van der Waals surface area contributed by atoms with E-state index in [-0.39, 0.29) is 131 Å². The Morgan fingerprint density at radius 2 is 1.19 bits per heavy atom. The van der Waals surface area contributed by atoms with Crippen LogP contribution in [0.4, 0.5) is 8.78 Å². The predicted molar refractivity (Wildman–Crippen MR) is 371 cm³/mol. The van der Waals surface area contributed by atoms with Crippen molar-refractivity contribution in [2.45, 2.75) is 238 Å². The minimum Gasteiger partial charge on any atom is -0.393 e. The molecule has 3 saturated carbocycles. The number of benzene rings is 1. The summed E-state index contributed by atoms with van der Waals surface area (Å²) in [7, 11) is 0. The molecule has 0 radical (unpaired) electrons. The lowest BCUT2D eigenvalue weighted by molar-refractivity contribution is -0.143. The molecule has 10 rings (SSSR count). The highest BCUT2D eigenvalue weighted by Gasteiger charge is 2.47. The molecule has 0 aromatic heterocycles. The van der Waals surface area contributed by atoms with Crippen LogP contribution >= 0.6 is 23.5 Å². The summed E-state index contributed by atoms with van der Waals surface area (Å²) in [6.45, 7) is 1.20. The van der Waals surface area contributed by atoms with E-state index in [1.165, 1.54) is 28.4 Å². The Morgan fingerprint density at radius 3 is 1.86 bits per heavy atom. The zero-order chi connectivity index (χ0) is 70.8. The first kappa shape index (κ1) is 76.4. The number of fused-ring (bicyclic) bond motifs is 14. The van der Waals surface area contributed by atoms with Crippen LogP contribution in [0.3, 0.4) is 0 Å². The highest BCUT2D eigenvalue weighted by Crippen LogP contribution is 2.40. The number of carbonyl (C=O) groups is 11. The van der Waals surface area contributed by atoms with Gasteiger partial charge in [0, 0.05) is 80.3 Å². The van der Waals surface area contributed by atoms with Gasteiger partial charge in [0.1, 0.15) is 60.7 Å². The first-order chi connectivity index (χ1) is 48.2. The number of hydrogen-bond acceptors (Lipinski definition) is 18. The van der Waals surface area contributed by atoms with E-state index < -0.39 is 144 Å². The lowest BCUT2D eigenvalue weighted by Crippen LogP contribution is -2.61. The quantitative estimate of drug-likeness (QED) is 0.151. The summed E-state index contributed by atoms with van der Waals surface area (Å²) in [5.41, 5.74) is 7.81. The average molecular weight is 1440 g/mol. The number of carbonyl (C=O) groups excluding carboxylic acids is 11. The molecule has 0 spiro atoms. The zero-order valence-corrected chi connectivity index (χ0v) is 58.8. The molecule has 8 fully saturated rings. The summed E-state index contributed by atoms with van der Waals surface area (Å²) in [5, 5.41) is 49.6. The Balaban J connectivity index is 0.983. The number of alkyl halides is 2. The minimum absolute atomic E-state index is 0.0116. The SMILES string of the molecule is NC(=O)[C@@H]1CSCc2cccc(c2)CSCCC(=O)N[C@H]2CCCCNC(=O)CC[C@H](NC(=O)[C@H](CC3CNC4CCC(F)CC34)NC(=O)[C@H](CC3CNC4CCC(F)CC34)NC(=O)CNC2=O)C(=O)N[C@@H](CC2CNCN2)C(=O)N[C@@H](CC2CCC(O)CC2)C(=O)N2CCC[C@H]2C(=O)N1. The molecular weight excluding hydrogens is 1330 g/mol. The second kappa shape index (κ2) is 37.3. The van der Waals surface area contributed by atoms with E-state index in [1.807, 2.05) is 24.3 Å². The molecule has 6 aliphatic heterocycles. The van der Waals surface area contributed by atoms with Gasteiger partial charge in [-0.15, -0.1) is 0 Å². The fourth-order valence-electron chi connectivity index (χ4n) is 16.4. The van der Waals surface area contributed by atoms with Gasteiger partial charge < -0.3 is 84.9 Å². The van der Waals surface area contributed by atoms with Crippen molar-refractivity contribution in [2.75, 3.05) is 57.4 Å². The van der Waals surface area contributed by atoms with Crippen molar-refractivity contribution in [3.63, 3.8) is 0 Å². The number of nitrogens with one attached hydrogen (secondary N) is 13. The Kier molecular flexibility index (Phi) is 28.5. The van der Waals surface area contributed by atoms with Gasteiger partial charge in [0.25, 0.3) is 0 Å². The molecule has 3 aliphatic carbocycles. The number of amides is 11. The summed E-state index contributed by atoms with van der Waals surface area (Å²) in [6, 6.07) is -2.92. The number of nitrogens with zero attached hydrogens (tertiary/aromatic N) is 1. The molecule has 1 aromatic carbocycles. The van der Waals surface area contributed by atoms with E-state index in [0.717, 1.165) is 11.1 Å². The summed E-state index contributed by atoms with van der Waals surface area (Å²) in [5.74, 6) is -7.29. The third-order valence-electron chi connectivity index (χ3n) is 22.0. The van der Waals surface area contributed by atoms with Crippen LogP contribution in [-0.2, 0) is 64.2 Å². The van der Waals surface area contributed by atoms with Gasteiger partial charge in [0.15, 0.2) is 0 Å². The Labute approximate surface area is 592 Å². The number of thioether (sulfide) groups is 2. The molecule has 27 nitrogen and oxygen atoms in total. The molecule has 31 heteroatoms. The van der Waals surface area contributed by atoms with Crippen LogP contribution in [0.5, 0.6) is 0 Å². The number of hydrogen-bond donors (Lipinski definition) is 15. The Bertz CT molecular complexity index is 3040. The zero-order valence-electron chi connectivity index (χ0n) is 57.1. The second-order valence-electron chi connectivity index (χ2n) is 29.2. The molecular formula is C69H105F2N15O12S2. The summed E-state index contributed by atoms with van der Waals surface area (Å²) in [6.07, 6.45) is 2.51. The highest BCUT2D eigenvalue weighted by molar-refractivity contribution is 7.98. The smallest absolute Gasteiger partial charge is 0.245 e. The molecule has 16 N–H and O–H groups in total. The number of aliphatic hydroxyl groups is 1. The third kappa shape index (κ3) is 21.9. The largest absolute Gasteiger partial charge is 0.393 e. The van der Waals surface area contributed by atoms with Crippen LogP contribution in [0, 0.1) is 29.6 Å².